The van der Waals surface area contributed by atoms with Crippen molar-refractivity contribution in [3.63, 3.8) is 0 Å². The molecule has 3 rings (SSSR count). The predicted octanol–water partition coefficient (Wildman–Crippen LogP) is 1.31. The summed E-state index contributed by atoms with van der Waals surface area (Å²) in [7, 11) is -0.682. The third kappa shape index (κ3) is 2.45. The Morgan fingerprint density at radius 2 is 2.10 bits per heavy atom. The molecule has 0 aliphatic carbocycles. The zero-order valence-corrected chi connectivity index (χ0v) is 12.1. The first-order chi connectivity index (χ1) is 9.65. The average Bonchev–Trinajstić information content (AvgIpc) is 2.92. The molecule has 1 fully saturated rings. The van der Waals surface area contributed by atoms with Gasteiger partial charge in [0.05, 0.1) is 6.04 Å². The van der Waals surface area contributed by atoms with E-state index >= 15 is 0 Å². The summed E-state index contributed by atoms with van der Waals surface area (Å²) in [6, 6.07) is 6.08. The van der Waals surface area contributed by atoms with Crippen molar-refractivity contribution in [1.29, 1.82) is 0 Å². The molecule has 106 valence electrons. The van der Waals surface area contributed by atoms with Gasteiger partial charge in [-0.3, -0.25) is 4.21 Å². The summed E-state index contributed by atoms with van der Waals surface area (Å²) < 4.78 is 13.3. The van der Waals surface area contributed by atoms with Crippen molar-refractivity contribution in [2.24, 2.45) is 0 Å². The Kier molecular flexibility index (Phi) is 3.52. The van der Waals surface area contributed by atoms with Crippen LogP contribution in [0.5, 0.6) is 0 Å². The fourth-order valence-corrected chi connectivity index (χ4v) is 3.71. The number of hydrogen-bond acceptors (Lipinski definition) is 5. The molecule has 0 saturated carbocycles. The number of nitrogen functional groups attached to an aromatic ring is 1. The minimum Gasteiger partial charge on any atom is -0.398 e. The second kappa shape index (κ2) is 5.32. The van der Waals surface area contributed by atoms with Crippen molar-refractivity contribution in [2.45, 2.75) is 25.8 Å². The molecule has 20 heavy (non-hydrogen) atoms. The molecule has 1 aromatic carbocycles. The normalized spacial score (nSPS) is 22.9. The SMILES string of the molecule is Cc1ccc(-c2nnnn2C2CCS(=O)CC2)cc1N. The fourth-order valence-electron chi connectivity index (χ4n) is 2.44. The summed E-state index contributed by atoms with van der Waals surface area (Å²) in [6.07, 6.45) is 1.71. The van der Waals surface area contributed by atoms with Crippen molar-refractivity contribution in [3.05, 3.63) is 23.8 Å². The van der Waals surface area contributed by atoms with Crippen LogP contribution < -0.4 is 5.73 Å². The Morgan fingerprint density at radius 1 is 1.35 bits per heavy atom. The third-order valence-electron chi connectivity index (χ3n) is 3.73. The van der Waals surface area contributed by atoms with Gasteiger partial charge in [-0.2, -0.15) is 0 Å². The van der Waals surface area contributed by atoms with E-state index in [1.54, 1.807) is 0 Å². The Balaban J connectivity index is 1.93. The second-order valence-electron chi connectivity index (χ2n) is 5.10. The first-order valence-electron chi connectivity index (χ1n) is 6.64. The molecule has 7 heteroatoms. The van der Waals surface area contributed by atoms with Crippen molar-refractivity contribution in [3.8, 4) is 11.4 Å². The number of tetrazole rings is 1. The lowest BCUT2D eigenvalue weighted by atomic mass is 10.1. The average molecular weight is 291 g/mol. The number of rotatable bonds is 2. The molecule has 0 atom stereocenters. The lowest BCUT2D eigenvalue weighted by Crippen LogP contribution is -2.23. The van der Waals surface area contributed by atoms with E-state index in [2.05, 4.69) is 15.5 Å². The number of nitrogens with two attached hydrogens (primary N) is 1. The maximum Gasteiger partial charge on any atom is 0.182 e. The minimum atomic E-state index is -0.682. The summed E-state index contributed by atoms with van der Waals surface area (Å²) >= 11 is 0. The molecule has 6 nitrogen and oxygen atoms in total. The Hall–Kier alpha value is -1.76. The van der Waals surface area contributed by atoms with E-state index in [9.17, 15) is 4.21 Å². The monoisotopic (exact) mass is 291 g/mol. The maximum absolute atomic E-state index is 11.4. The molecule has 2 N–H and O–H groups in total. The number of hydrogen-bond donors (Lipinski definition) is 1. The quantitative estimate of drug-likeness (QED) is 0.843. The van der Waals surface area contributed by atoms with E-state index in [0.717, 1.165) is 47.0 Å². The van der Waals surface area contributed by atoms with Crippen LogP contribution in [0, 0.1) is 6.92 Å². The van der Waals surface area contributed by atoms with Crippen molar-refractivity contribution >= 4 is 16.5 Å². The van der Waals surface area contributed by atoms with Gasteiger partial charge in [-0.1, -0.05) is 12.1 Å². The molecule has 2 aromatic rings. The van der Waals surface area contributed by atoms with Gasteiger partial charge in [0.2, 0.25) is 0 Å². The van der Waals surface area contributed by atoms with Gasteiger partial charge in [-0.15, -0.1) is 5.10 Å². The first kappa shape index (κ1) is 13.2. The third-order valence-corrected chi connectivity index (χ3v) is 5.12. The summed E-state index contributed by atoms with van der Waals surface area (Å²) in [6.45, 7) is 1.97. The predicted molar refractivity (Wildman–Crippen MR) is 78.5 cm³/mol. The van der Waals surface area contributed by atoms with E-state index in [1.165, 1.54) is 0 Å². The molecule has 1 aliphatic rings. The lowest BCUT2D eigenvalue weighted by Gasteiger charge is -2.22. The van der Waals surface area contributed by atoms with Gasteiger partial charge in [0.1, 0.15) is 0 Å². The summed E-state index contributed by atoms with van der Waals surface area (Å²) in [5.41, 5.74) is 8.66. The zero-order chi connectivity index (χ0) is 14.1. The van der Waals surface area contributed by atoms with Crippen LogP contribution in [-0.4, -0.2) is 35.9 Å². The van der Waals surface area contributed by atoms with Crippen molar-refractivity contribution < 1.29 is 4.21 Å². The Bertz CT molecular complexity index is 644. The van der Waals surface area contributed by atoms with Crippen LogP contribution in [0.2, 0.25) is 0 Å². The van der Waals surface area contributed by atoms with Crippen LogP contribution in [0.25, 0.3) is 11.4 Å². The highest BCUT2D eigenvalue weighted by Crippen LogP contribution is 2.27. The molecule has 1 saturated heterocycles. The Morgan fingerprint density at radius 3 is 2.80 bits per heavy atom. The summed E-state index contributed by atoms with van der Waals surface area (Å²) in [5.74, 6) is 2.18. The van der Waals surface area contributed by atoms with Crippen LogP contribution in [0.4, 0.5) is 5.69 Å². The summed E-state index contributed by atoms with van der Waals surface area (Å²) in [5, 5.41) is 12.0. The molecule has 1 aliphatic heterocycles. The van der Waals surface area contributed by atoms with Gasteiger partial charge in [-0.25, -0.2) is 4.68 Å². The molecular formula is C13H17N5OS. The highest BCUT2D eigenvalue weighted by molar-refractivity contribution is 7.85. The first-order valence-corrected chi connectivity index (χ1v) is 8.13. The van der Waals surface area contributed by atoms with Crippen molar-refractivity contribution in [2.75, 3.05) is 17.2 Å². The highest BCUT2D eigenvalue weighted by Gasteiger charge is 2.23. The van der Waals surface area contributed by atoms with Crippen LogP contribution in [0.3, 0.4) is 0 Å². The molecular weight excluding hydrogens is 274 g/mol. The van der Waals surface area contributed by atoms with E-state index < -0.39 is 10.8 Å². The minimum absolute atomic E-state index is 0.222. The largest absolute Gasteiger partial charge is 0.398 e. The van der Waals surface area contributed by atoms with Crippen LogP contribution in [0.15, 0.2) is 18.2 Å². The number of anilines is 1. The molecule has 0 radical (unpaired) electrons. The van der Waals surface area contributed by atoms with E-state index in [0.29, 0.717) is 0 Å². The number of benzene rings is 1. The van der Waals surface area contributed by atoms with Gasteiger partial charge in [0, 0.05) is 33.6 Å². The number of nitrogens with zero attached hydrogens (tertiary/aromatic N) is 4. The zero-order valence-electron chi connectivity index (χ0n) is 11.3. The van der Waals surface area contributed by atoms with Gasteiger partial charge in [-0.05, 0) is 41.8 Å². The lowest BCUT2D eigenvalue weighted by molar-refractivity contribution is 0.415. The fraction of sp³-hybridized carbons (Fsp3) is 0.462. The van der Waals surface area contributed by atoms with Crippen LogP contribution in [0.1, 0.15) is 24.4 Å². The van der Waals surface area contributed by atoms with E-state index in [-0.39, 0.29) is 6.04 Å². The highest BCUT2D eigenvalue weighted by atomic mass is 32.2. The maximum atomic E-state index is 11.4. The molecule has 2 heterocycles. The van der Waals surface area contributed by atoms with Gasteiger partial charge >= 0.3 is 0 Å². The molecule has 1 aromatic heterocycles. The van der Waals surface area contributed by atoms with Crippen molar-refractivity contribution in [1.82, 2.24) is 20.2 Å². The standard InChI is InChI=1S/C13H17N5OS/c1-9-2-3-10(8-12(9)14)13-15-16-17-18(13)11-4-6-20(19)7-5-11/h2-3,8,11H,4-7,14H2,1H3. The Labute approximate surface area is 119 Å². The van der Waals surface area contributed by atoms with Crippen LogP contribution >= 0.6 is 0 Å². The van der Waals surface area contributed by atoms with E-state index in [1.807, 2.05) is 29.8 Å². The number of aromatic nitrogens is 4. The molecule has 0 bridgehead atoms. The molecule has 0 amide bonds. The summed E-state index contributed by atoms with van der Waals surface area (Å²) in [4.78, 5) is 0. The molecule has 0 spiro atoms. The van der Waals surface area contributed by atoms with E-state index in [4.69, 9.17) is 5.73 Å². The topological polar surface area (TPSA) is 86.7 Å². The van der Waals surface area contributed by atoms with Gasteiger partial charge in [0.25, 0.3) is 0 Å². The van der Waals surface area contributed by atoms with Crippen LogP contribution in [-0.2, 0) is 10.8 Å². The smallest absolute Gasteiger partial charge is 0.182 e. The number of aryl methyl sites for hydroxylation is 1. The van der Waals surface area contributed by atoms with Gasteiger partial charge in [0.15, 0.2) is 5.82 Å². The molecule has 0 unspecified atom stereocenters. The second-order valence-corrected chi connectivity index (χ2v) is 6.79. The van der Waals surface area contributed by atoms with Gasteiger partial charge < -0.3 is 5.73 Å².